The Morgan fingerprint density at radius 3 is 2.02 bits per heavy atom. The van der Waals surface area contributed by atoms with Gasteiger partial charge in [-0.2, -0.15) is 0 Å². The molecule has 0 bridgehead atoms. The Labute approximate surface area is 249 Å². The predicted molar refractivity (Wildman–Crippen MR) is 164 cm³/mol. The predicted octanol–water partition coefficient (Wildman–Crippen LogP) is 5.01. The van der Waals surface area contributed by atoms with Gasteiger partial charge in [0, 0.05) is 12.6 Å². The van der Waals surface area contributed by atoms with Crippen LogP contribution in [0.4, 0.5) is 5.69 Å². The molecule has 0 saturated heterocycles. The molecule has 0 radical (unpaired) electrons. The molecule has 0 unspecified atom stereocenters. The Hall–Kier alpha value is -4.05. The second-order valence-corrected chi connectivity index (χ2v) is 11.7. The highest BCUT2D eigenvalue weighted by atomic mass is 32.2. The van der Waals surface area contributed by atoms with Crippen molar-refractivity contribution in [2.75, 3.05) is 24.6 Å². The van der Waals surface area contributed by atoms with Crippen molar-refractivity contribution in [3.63, 3.8) is 0 Å². The summed E-state index contributed by atoms with van der Waals surface area (Å²) in [6.45, 7) is 7.61. The highest BCUT2D eigenvalue weighted by Gasteiger charge is 2.34. The van der Waals surface area contributed by atoms with E-state index in [2.05, 4.69) is 5.32 Å². The van der Waals surface area contributed by atoms with Gasteiger partial charge in [0.2, 0.25) is 11.8 Å². The lowest BCUT2D eigenvalue weighted by Gasteiger charge is -2.33. The van der Waals surface area contributed by atoms with Crippen molar-refractivity contribution in [1.29, 1.82) is 0 Å². The van der Waals surface area contributed by atoms with Gasteiger partial charge in [0.25, 0.3) is 10.0 Å². The standard InChI is InChI=1S/C32H41N3O6S/c1-6-24(4)33-32(37)30(7-2)34(22-25-14-16-27(40-5)17-15-25)31(36)23-35(26-12-10-9-11-13-26)42(38,39)29-20-18-28(19-21-29)41-8-3/h9-21,24,30H,6-8,22-23H2,1-5H3,(H,33,37)/t24-,30-/m0/s1. The molecule has 2 atom stereocenters. The van der Waals surface area contributed by atoms with E-state index in [0.717, 1.165) is 16.3 Å². The number of hydrogen-bond acceptors (Lipinski definition) is 6. The molecule has 3 rings (SSSR count). The van der Waals surface area contributed by atoms with Gasteiger partial charge in [-0.25, -0.2) is 8.42 Å². The minimum Gasteiger partial charge on any atom is -0.497 e. The van der Waals surface area contributed by atoms with Crippen molar-refractivity contribution in [1.82, 2.24) is 10.2 Å². The zero-order chi connectivity index (χ0) is 30.7. The first kappa shape index (κ1) is 32.5. The van der Waals surface area contributed by atoms with E-state index in [9.17, 15) is 18.0 Å². The summed E-state index contributed by atoms with van der Waals surface area (Å²) in [7, 11) is -2.59. The number of methoxy groups -OCH3 is 1. The number of nitrogens with zero attached hydrogens (tertiary/aromatic N) is 2. The molecular weight excluding hydrogens is 554 g/mol. The van der Waals surface area contributed by atoms with Crippen LogP contribution in [0.25, 0.3) is 0 Å². The number of amides is 2. The summed E-state index contributed by atoms with van der Waals surface area (Å²) in [4.78, 5) is 29.0. The number of rotatable bonds is 15. The van der Waals surface area contributed by atoms with E-state index < -0.39 is 28.5 Å². The Morgan fingerprint density at radius 2 is 1.48 bits per heavy atom. The van der Waals surface area contributed by atoms with Crippen LogP contribution in [0.15, 0.2) is 83.8 Å². The minimum absolute atomic E-state index is 0.0193. The summed E-state index contributed by atoms with van der Waals surface area (Å²) in [5.74, 6) is 0.419. The molecule has 0 aliphatic rings. The van der Waals surface area contributed by atoms with Crippen LogP contribution in [0.3, 0.4) is 0 Å². The molecule has 0 aromatic heterocycles. The fourth-order valence-electron chi connectivity index (χ4n) is 4.41. The van der Waals surface area contributed by atoms with Crippen LogP contribution in [0.2, 0.25) is 0 Å². The number of para-hydroxylation sites is 1. The van der Waals surface area contributed by atoms with Crippen molar-refractivity contribution < 1.29 is 27.5 Å². The smallest absolute Gasteiger partial charge is 0.264 e. The van der Waals surface area contributed by atoms with Gasteiger partial charge >= 0.3 is 0 Å². The Bertz CT molecular complexity index is 1400. The lowest BCUT2D eigenvalue weighted by atomic mass is 10.1. The lowest BCUT2D eigenvalue weighted by Crippen LogP contribution is -2.53. The molecule has 0 saturated carbocycles. The summed E-state index contributed by atoms with van der Waals surface area (Å²) in [6.07, 6.45) is 1.08. The second kappa shape index (κ2) is 15.3. The summed E-state index contributed by atoms with van der Waals surface area (Å²) >= 11 is 0. The van der Waals surface area contributed by atoms with Gasteiger partial charge < -0.3 is 19.7 Å². The summed E-state index contributed by atoms with van der Waals surface area (Å²) < 4.78 is 39.8. The molecule has 10 heteroatoms. The first-order chi connectivity index (χ1) is 20.1. The van der Waals surface area contributed by atoms with Crippen LogP contribution in [0.1, 0.15) is 46.1 Å². The van der Waals surface area contributed by atoms with E-state index in [1.807, 2.05) is 39.8 Å². The van der Waals surface area contributed by atoms with E-state index in [1.165, 1.54) is 17.0 Å². The summed E-state index contributed by atoms with van der Waals surface area (Å²) in [6, 6.07) is 20.9. The maximum atomic E-state index is 14.1. The summed E-state index contributed by atoms with van der Waals surface area (Å²) in [5.41, 5.74) is 1.11. The monoisotopic (exact) mass is 595 g/mol. The van der Waals surface area contributed by atoms with E-state index in [1.54, 1.807) is 61.7 Å². The minimum atomic E-state index is -4.16. The average Bonchev–Trinajstić information content (AvgIpc) is 3.00. The van der Waals surface area contributed by atoms with Crippen LogP contribution in [0.5, 0.6) is 11.5 Å². The number of carbonyl (C=O) groups is 2. The van der Waals surface area contributed by atoms with Crippen LogP contribution < -0.4 is 19.1 Å². The van der Waals surface area contributed by atoms with E-state index >= 15 is 0 Å². The van der Waals surface area contributed by atoms with Gasteiger partial charge in [-0.1, -0.05) is 44.2 Å². The molecule has 0 aliphatic carbocycles. The molecule has 1 N–H and O–H groups in total. The lowest BCUT2D eigenvalue weighted by molar-refractivity contribution is -0.140. The van der Waals surface area contributed by atoms with Crippen molar-refractivity contribution in [2.24, 2.45) is 0 Å². The van der Waals surface area contributed by atoms with Crippen molar-refractivity contribution >= 4 is 27.5 Å². The number of nitrogens with one attached hydrogen (secondary N) is 1. The number of hydrogen-bond donors (Lipinski definition) is 1. The largest absolute Gasteiger partial charge is 0.497 e. The van der Waals surface area contributed by atoms with Crippen LogP contribution in [-0.2, 0) is 26.2 Å². The van der Waals surface area contributed by atoms with Gasteiger partial charge in [-0.15, -0.1) is 0 Å². The van der Waals surface area contributed by atoms with Crippen molar-refractivity contribution in [3.05, 3.63) is 84.4 Å². The first-order valence-corrected chi connectivity index (χ1v) is 15.6. The third-order valence-corrected chi connectivity index (χ3v) is 8.73. The Morgan fingerprint density at radius 1 is 0.857 bits per heavy atom. The van der Waals surface area contributed by atoms with Gasteiger partial charge in [0.1, 0.15) is 24.1 Å². The fraction of sp³-hybridized carbons (Fsp3) is 0.375. The van der Waals surface area contributed by atoms with E-state index in [0.29, 0.717) is 30.2 Å². The highest BCUT2D eigenvalue weighted by molar-refractivity contribution is 7.92. The third-order valence-electron chi connectivity index (χ3n) is 6.94. The van der Waals surface area contributed by atoms with Gasteiger partial charge in [-0.3, -0.25) is 13.9 Å². The zero-order valence-corrected chi connectivity index (χ0v) is 25.8. The Kier molecular flexibility index (Phi) is 11.8. The molecule has 0 aliphatic heterocycles. The molecule has 42 heavy (non-hydrogen) atoms. The van der Waals surface area contributed by atoms with Crippen LogP contribution in [0, 0.1) is 0 Å². The third kappa shape index (κ3) is 8.25. The number of anilines is 1. The van der Waals surface area contributed by atoms with Gasteiger partial charge in [0.15, 0.2) is 0 Å². The zero-order valence-electron chi connectivity index (χ0n) is 24.9. The fourth-order valence-corrected chi connectivity index (χ4v) is 5.83. The Balaban J connectivity index is 2.02. The van der Waals surface area contributed by atoms with Crippen molar-refractivity contribution in [2.45, 2.75) is 64.1 Å². The van der Waals surface area contributed by atoms with Gasteiger partial charge in [0.05, 0.1) is 24.3 Å². The highest BCUT2D eigenvalue weighted by Crippen LogP contribution is 2.26. The summed E-state index contributed by atoms with van der Waals surface area (Å²) in [5, 5.41) is 2.98. The molecule has 226 valence electrons. The quantitative estimate of drug-likeness (QED) is 0.265. The van der Waals surface area contributed by atoms with Gasteiger partial charge in [-0.05, 0) is 80.8 Å². The molecule has 3 aromatic carbocycles. The molecule has 0 spiro atoms. The number of ether oxygens (including phenoxy) is 2. The molecule has 0 heterocycles. The maximum absolute atomic E-state index is 14.1. The molecular formula is C32H41N3O6S. The van der Waals surface area contributed by atoms with E-state index in [4.69, 9.17) is 9.47 Å². The molecule has 9 nitrogen and oxygen atoms in total. The SMILES string of the molecule is CCOc1ccc(S(=O)(=O)N(CC(=O)N(Cc2ccc(OC)cc2)[C@@H](CC)C(=O)N[C@@H](C)CC)c2ccccc2)cc1. The maximum Gasteiger partial charge on any atom is 0.264 e. The average molecular weight is 596 g/mol. The van der Waals surface area contributed by atoms with Crippen molar-refractivity contribution in [3.8, 4) is 11.5 Å². The number of benzene rings is 3. The topological polar surface area (TPSA) is 105 Å². The van der Waals surface area contributed by atoms with E-state index in [-0.39, 0.29) is 23.4 Å². The first-order valence-electron chi connectivity index (χ1n) is 14.2. The number of sulfonamides is 1. The number of carbonyl (C=O) groups excluding carboxylic acids is 2. The van der Waals surface area contributed by atoms with Crippen LogP contribution >= 0.6 is 0 Å². The normalized spacial score (nSPS) is 12.6. The molecule has 2 amide bonds. The molecule has 3 aromatic rings. The van der Waals surface area contributed by atoms with Crippen LogP contribution in [-0.4, -0.2) is 57.5 Å². The second-order valence-electron chi connectivity index (χ2n) is 9.86. The molecule has 0 fully saturated rings.